The number of hydrogen-bond donors (Lipinski definition) is 0. The molecule has 0 saturated carbocycles. The second-order valence-electron chi connectivity index (χ2n) is 8.48. The minimum absolute atomic E-state index is 0.00978. The molecule has 0 aliphatic carbocycles. The summed E-state index contributed by atoms with van der Waals surface area (Å²) < 4.78 is 7.67. The lowest BCUT2D eigenvalue weighted by Gasteiger charge is -2.36. The van der Waals surface area contributed by atoms with Gasteiger partial charge >= 0.3 is 6.09 Å². The fraction of sp³-hybridized carbons (Fsp3) is 0.524. The van der Waals surface area contributed by atoms with E-state index in [-0.39, 0.29) is 22.7 Å². The van der Waals surface area contributed by atoms with Gasteiger partial charge in [-0.25, -0.2) is 9.10 Å². The van der Waals surface area contributed by atoms with Crippen molar-refractivity contribution in [3.63, 3.8) is 0 Å². The highest BCUT2D eigenvalue weighted by molar-refractivity contribution is 7.97. The lowest BCUT2D eigenvalue weighted by atomic mass is 10.1. The number of aromatic nitrogens is 1. The number of fused-ring (bicyclic) bond motifs is 1. The number of nitro groups is 1. The predicted molar refractivity (Wildman–Crippen MR) is 117 cm³/mol. The van der Waals surface area contributed by atoms with E-state index >= 15 is 0 Å². The first-order valence-electron chi connectivity index (χ1n) is 10.1. The standard InChI is InChI=1S/C21H28N4O4S/c1-15-14-23(20(26)29-21(2,3)4)11-5-6-12-24(15)30-18-8-7-16-13-22-10-9-17(16)19(18)25(27)28/h7-10,13,15H,5-6,11-12,14H2,1-4H3/t15-/m1/s1. The molecular formula is C21H28N4O4S. The molecular weight excluding hydrogens is 404 g/mol. The maximum Gasteiger partial charge on any atom is 0.410 e. The SMILES string of the molecule is C[C@@H]1CN(C(=O)OC(C)(C)C)CCCCN1Sc1ccc2cnccc2c1[N+](=O)[O-]. The van der Waals surface area contributed by atoms with Crippen molar-refractivity contribution in [2.24, 2.45) is 0 Å². The van der Waals surface area contributed by atoms with E-state index in [1.807, 2.05) is 33.8 Å². The maximum absolute atomic E-state index is 12.6. The Hall–Kier alpha value is -2.39. The summed E-state index contributed by atoms with van der Waals surface area (Å²) in [5.41, 5.74) is -0.448. The average molecular weight is 433 g/mol. The summed E-state index contributed by atoms with van der Waals surface area (Å²) >= 11 is 1.38. The van der Waals surface area contributed by atoms with Crippen LogP contribution < -0.4 is 0 Å². The van der Waals surface area contributed by atoms with Crippen LogP contribution in [0.25, 0.3) is 10.8 Å². The Bertz CT molecular complexity index is 931. The van der Waals surface area contributed by atoms with Crippen LogP contribution in [0.15, 0.2) is 35.5 Å². The number of hydrogen-bond acceptors (Lipinski definition) is 7. The van der Waals surface area contributed by atoms with Gasteiger partial charge in [-0.15, -0.1) is 0 Å². The van der Waals surface area contributed by atoms with Crippen molar-refractivity contribution >= 4 is 34.5 Å². The molecule has 2 aromatic rings. The summed E-state index contributed by atoms with van der Waals surface area (Å²) in [4.78, 5) is 30.5. The van der Waals surface area contributed by atoms with Gasteiger partial charge in [0.05, 0.1) is 10.3 Å². The van der Waals surface area contributed by atoms with Gasteiger partial charge in [0.1, 0.15) is 10.5 Å². The summed E-state index contributed by atoms with van der Waals surface area (Å²) in [6.07, 6.45) is 4.64. The minimum Gasteiger partial charge on any atom is -0.444 e. The highest BCUT2D eigenvalue weighted by Crippen LogP contribution is 2.38. The minimum atomic E-state index is -0.544. The van der Waals surface area contributed by atoms with E-state index in [0.717, 1.165) is 24.8 Å². The molecule has 162 valence electrons. The number of rotatable bonds is 3. The van der Waals surface area contributed by atoms with Crippen LogP contribution in [0.5, 0.6) is 0 Å². The zero-order chi connectivity index (χ0) is 21.9. The quantitative estimate of drug-likeness (QED) is 0.388. The Balaban J connectivity index is 1.82. The van der Waals surface area contributed by atoms with Crippen LogP contribution in [0.3, 0.4) is 0 Å². The first-order valence-corrected chi connectivity index (χ1v) is 10.9. The van der Waals surface area contributed by atoms with Crippen LogP contribution in [0.2, 0.25) is 0 Å². The van der Waals surface area contributed by atoms with Crippen molar-refractivity contribution in [2.45, 2.75) is 57.1 Å². The zero-order valence-corrected chi connectivity index (χ0v) is 18.6. The molecule has 3 rings (SSSR count). The fourth-order valence-corrected chi connectivity index (χ4v) is 4.56. The van der Waals surface area contributed by atoms with E-state index in [1.165, 1.54) is 11.9 Å². The maximum atomic E-state index is 12.6. The van der Waals surface area contributed by atoms with Gasteiger partial charge in [0.25, 0.3) is 5.69 Å². The summed E-state index contributed by atoms with van der Waals surface area (Å²) in [7, 11) is 0. The molecule has 0 radical (unpaired) electrons. The molecule has 1 amide bonds. The normalized spacial score (nSPS) is 18.7. The zero-order valence-electron chi connectivity index (χ0n) is 17.8. The lowest BCUT2D eigenvalue weighted by molar-refractivity contribution is -0.385. The molecule has 1 fully saturated rings. The van der Waals surface area contributed by atoms with Crippen LogP contribution >= 0.6 is 11.9 Å². The first kappa shape index (κ1) is 22.3. The number of pyridine rings is 1. The number of carbonyl (C=O) groups excluding carboxylic acids is 1. The van der Waals surface area contributed by atoms with Gasteiger partial charge in [0.15, 0.2) is 0 Å². The third-order valence-corrected chi connectivity index (χ3v) is 6.14. The first-order chi connectivity index (χ1) is 14.2. The summed E-state index contributed by atoms with van der Waals surface area (Å²) in [6.45, 7) is 9.55. The van der Waals surface area contributed by atoms with Gasteiger partial charge in [-0.2, -0.15) is 0 Å². The van der Waals surface area contributed by atoms with Crippen LogP contribution in [-0.2, 0) is 4.74 Å². The van der Waals surface area contributed by atoms with Crippen molar-refractivity contribution in [3.8, 4) is 0 Å². The van der Waals surface area contributed by atoms with E-state index in [2.05, 4.69) is 9.29 Å². The van der Waals surface area contributed by atoms with Crippen molar-refractivity contribution in [2.75, 3.05) is 19.6 Å². The Kier molecular flexibility index (Phi) is 6.82. The number of nitrogens with zero attached hydrogens (tertiary/aromatic N) is 4. The molecule has 1 aromatic carbocycles. The van der Waals surface area contributed by atoms with Crippen molar-refractivity contribution in [1.29, 1.82) is 0 Å². The molecule has 0 bridgehead atoms. The van der Waals surface area contributed by atoms with Crippen molar-refractivity contribution in [3.05, 3.63) is 40.7 Å². The lowest BCUT2D eigenvalue weighted by Crippen LogP contribution is -2.46. The predicted octanol–water partition coefficient (Wildman–Crippen LogP) is 4.87. The van der Waals surface area contributed by atoms with E-state index in [1.54, 1.807) is 29.4 Å². The third kappa shape index (κ3) is 5.40. The molecule has 1 aliphatic heterocycles. The van der Waals surface area contributed by atoms with E-state index < -0.39 is 5.60 Å². The van der Waals surface area contributed by atoms with Crippen molar-refractivity contribution in [1.82, 2.24) is 14.2 Å². The van der Waals surface area contributed by atoms with Crippen molar-refractivity contribution < 1.29 is 14.5 Å². The van der Waals surface area contributed by atoms with E-state index in [4.69, 9.17) is 4.74 Å². The molecule has 1 saturated heterocycles. The number of benzene rings is 1. The molecule has 8 nitrogen and oxygen atoms in total. The number of amides is 1. The topological polar surface area (TPSA) is 88.8 Å². The smallest absolute Gasteiger partial charge is 0.410 e. The number of ether oxygens (including phenoxy) is 1. The van der Waals surface area contributed by atoms with E-state index in [9.17, 15) is 14.9 Å². The van der Waals surface area contributed by atoms with Gasteiger partial charge in [0.2, 0.25) is 0 Å². The van der Waals surface area contributed by atoms with E-state index in [0.29, 0.717) is 23.4 Å². The highest BCUT2D eigenvalue weighted by atomic mass is 32.2. The molecule has 1 aromatic heterocycles. The molecule has 0 N–H and O–H groups in total. The van der Waals surface area contributed by atoms with Gasteiger partial charge in [-0.05, 0) is 64.6 Å². The second-order valence-corrected chi connectivity index (χ2v) is 9.57. The monoisotopic (exact) mass is 432 g/mol. The fourth-order valence-electron chi connectivity index (χ4n) is 3.44. The molecule has 2 heterocycles. The second kappa shape index (κ2) is 9.18. The Morgan fingerprint density at radius 3 is 2.70 bits per heavy atom. The Labute approximate surface area is 180 Å². The molecule has 1 atom stereocenters. The van der Waals surface area contributed by atoms with Crippen LogP contribution in [0, 0.1) is 10.1 Å². The van der Waals surface area contributed by atoms with Crippen LogP contribution in [-0.4, -0.2) is 56.5 Å². The molecule has 1 aliphatic rings. The average Bonchev–Trinajstić information content (AvgIpc) is 2.65. The van der Waals surface area contributed by atoms with Gasteiger partial charge in [0, 0.05) is 43.5 Å². The van der Waals surface area contributed by atoms with Gasteiger partial charge in [-0.1, -0.05) is 6.07 Å². The van der Waals surface area contributed by atoms with Gasteiger partial charge in [-0.3, -0.25) is 15.1 Å². The third-order valence-electron chi connectivity index (χ3n) is 4.84. The van der Waals surface area contributed by atoms with Crippen LogP contribution in [0.4, 0.5) is 10.5 Å². The molecule has 0 unspecified atom stereocenters. The summed E-state index contributed by atoms with van der Waals surface area (Å²) in [5, 5.41) is 13.2. The Morgan fingerprint density at radius 1 is 1.27 bits per heavy atom. The highest BCUT2D eigenvalue weighted by Gasteiger charge is 2.29. The number of carbonyl (C=O) groups is 1. The summed E-state index contributed by atoms with van der Waals surface area (Å²) in [6, 6.07) is 5.33. The van der Waals surface area contributed by atoms with Gasteiger partial charge < -0.3 is 9.64 Å². The number of nitro benzene ring substituents is 1. The largest absolute Gasteiger partial charge is 0.444 e. The van der Waals surface area contributed by atoms with Crippen LogP contribution in [0.1, 0.15) is 40.5 Å². The summed E-state index contributed by atoms with van der Waals surface area (Å²) in [5.74, 6) is 0. The molecule has 9 heteroatoms. The molecule has 30 heavy (non-hydrogen) atoms. The molecule has 0 spiro atoms. The Morgan fingerprint density at radius 2 is 2.00 bits per heavy atom.